The molecule has 2 N–H and O–H groups in total. The summed E-state index contributed by atoms with van der Waals surface area (Å²) < 4.78 is 35.4. The van der Waals surface area contributed by atoms with E-state index in [1.807, 2.05) is 0 Å². The minimum absolute atomic E-state index is 0.00461. The van der Waals surface area contributed by atoms with Crippen molar-refractivity contribution >= 4 is 10.9 Å². The van der Waals surface area contributed by atoms with Crippen LogP contribution in [0.15, 0.2) is 35.3 Å². The number of hydrogen-bond donors (Lipinski definition) is 2. The van der Waals surface area contributed by atoms with Crippen molar-refractivity contribution in [1.29, 1.82) is 0 Å². The van der Waals surface area contributed by atoms with E-state index < -0.39 is 6.61 Å². The number of nitrogens with one attached hydrogen (secondary N) is 2. The third-order valence-electron chi connectivity index (χ3n) is 4.09. The first kappa shape index (κ1) is 15.6. The Morgan fingerprint density at radius 3 is 2.80 bits per heavy atom. The average Bonchev–Trinajstić information content (AvgIpc) is 3.30. The third kappa shape index (κ3) is 3.33. The van der Waals surface area contributed by atoms with Crippen molar-refractivity contribution in [1.82, 2.24) is 15.2 Å². The van der Waals surface area contributed by atoms with Gasteiger partial charge in [0.2, 0.25) is 0 Å². The van der Waals surface area contributed by atoms with Gasteiger partial charge in [-0.2, -0.15) is 13.9 Å². The minimum atomic E-state index is -2.92. The van der Waals surface area contributed by atoms with E-state index in [-0.39, 0.29) is 17.1 Å². The maximum atomic E-state index is 12.6. The van der Waals surface area contributed by atoms with Gasteiger partial charge in [-0.05, 0) is 43.0 Å². The van der Waals surface area contributed by atoms with Crippen LogP contribution in [0, 0.1) is 5.92 Å². The number of nitrogens with zero attached hydrogens (tertiary/aromatic N) is 1. The normalized spacial score (nSPS) is 14.2. The summed E-state index contributed by atoms with van der Waals surface area (Å²) in [4.78, 5) is 14.9. The van der Waals surface area contributed by atoms with Crippen LogP contribution in [0.4, 0.5) is 8.78 Å². The zero-order valence-corrected chi connectivity index (χ0v) is 13.1. The van der Waals surface area contributed by atoms with Crippen LogP contribution in [0.1, 0.15) is 12.8 Å². The first-order valence-corrected chi connectivity index (χ1v) is 7.88. The van der Waals surface area contributed by atoms with E-state index in [0.29, 0.717) is 34.7 Å². The fourth-order valence-corrected chi connectivity index (χ4v) is 2.61. The van der Waals surface area contributed by atoms with Crippen molar-refractivity contribution in [2.75, 3.05) is 6.61 Å². The molecular weight excluding hydrogens is 332 g/mol. The molecule has 8 heteroatoms. The second-order valence-corrected chi connectivity index (χ2v) is 6.00. The van der Waals surface area contributed by atoms with E-state index in [4.69, 9.17) is 4.74 Å². The standard InChI is InChI=1S/C17H15F2N3O3/c18-17(19)25-14-4-3-10(5-15(14)24-8-9-1-2-9)12-6-11-13(21-12)7-20-22-16(11)23/h3-7,9,17,21H,1-2,8H2,(H,22,23). The maximum absolute atomic E-state index is 12.6. The lowest BCUT2D eigenvalue weighted by Crippen LogP contribution is -2.06. The highest BCUT2D eigenvalue weighted by Crippen LogP contribution is 2.36. The number of H-pyrrole nitrogens is 2. The molecule has 0 saturated heterocycles. The molecule has 2 aromatic heterocycles. The van der Waals surface area contributed by atoms with E-state index in [2.05, 4.69) is 19.9 Å². The summed E-state index contributed by atoms with van der Waals surface area (Å²) in [5.74, 6) is 0.728. The summed E-state index contributed by atoms with van der Waals surface area (Å²) in [6.07, 6.45) is 3.68. The Morgan fingerprint density at radius 2 is 2.08 bits per heavy atom. The second-order valence-electron chi connectivity index (χ2n) is 6.00. The summed E-state index contributed by atoms with van der Waals surface area (Å²) in [6, 6.07) is 6.39. The molecule has 0 aliphatic heterocycles. The van der Waals surface area contributed by atoms with Crippen LogP contribution in [0.2, 0.25) is 0 Å². The highest BCUT2D eigenvalue weighted by atomic mass is 19.3. The molecule has 130 valence electrons. The van der Waals surface area contributed by atoms with Crippen LogP contribution in [0.5, 0.6) is 11.5 Å². The summed E-state index contributed by atoms with van der Waals surface area (Å²) >= 11 is 0. The van der Waals surface area contributed by atoms with E-state index in [0.717, 1.165) is 12.8 Å². The highest BCUT2D eigenvalue weighted by Gasteiger charge is 2.23. The molecule has 1 saturated carbocycles. The van der Waals surface area contributed by atoms with Gasteiger partial charge in [0.1, 0.15) is 0 Å². The number of fused-ring (bicyclic) bond motifs is 1. The monoisotopic (exact) mass is 347 g/mol. The predicted octanol–water partition coefficient (Wildman–Crippen LogP) is 3.31. The first-order chi connectivity index (χ1) is 12.1. The molecule has 0 radical (unpaired) electrons. The van der Waals surface area contributed by atoms with Crippen LogP contribution < -0.4 is 15.0 Å². The zero-order valence-electron chi connectivity index (χ0n) is 13.1. The zero-order chi connectivity index (χ0) is 17.4. The number of hydrogen-bond acceptors (Lipinski definition) is 4. The van der Waals surface area contributed by atoms with Gasteiger partial charge >= 0.3 is 6.61 Å². The number of benzene rings is 1. The van der Waals surface area contributed by atoms with Gasteiger partial charge in [0.15, 0.2) is 11.5 Å². The number of rotatable bonds is 6. The van der Waals surface area contributed by atoms with Crippen LogP contribution in [-0.4, -0.2) is 28.4 Å². The van der Waals surface area contributed by atoms with Crippen molar-refractivity contribution in [3.8, 4) is 22.8 Å². The SMILES string of the molecule is O=c1[nH]ncc2[nH]c(-c3ccc(OC(F)F)c(OCC4CC4)c3)cc12. The largest absolute Gasteiger partial charge is 0.489 e. The molecule has 1 fully saturated rings. The molecule has 1 aromatic carbocycles. The van der Waals surface area contributed by atoms with Crippen molar-refractivity contribution in [3.05, 3.63) is 40.8 Å². The summed E-state index contributed by atoms with van der Waals surface area (Å²) in [5, 5.41) is 6.58. The highest BCUT2D eigenvalue weighted by molar-refractivity contribution is 5.84. The van der Waals surface area contributed by atoms with Gasteiger partial charge in [-0.3, -0.25) is 4.79 Å². The maximum Gasteiger partial charge on any atom is 0.387 e. The molecule has 0 spiro atoms. The van der Waals surface area contributed by atoms with E-state index in [1.165, 1.54) is 12.3 Å². The predicted molar refractivity (Wildman–Crippen MR) is 87.0 cm³/mol. The fourth-order valence-electron chi connectivity index (χ4n) is 2.61. The Kier molecular flexibility index (Phi) is 3.87. The Balaban J connectivity index is 1.71. The molecule has 3 aromatic rings. The van der Waals surface area contributed by atoms with Crippen LogP contribution in [0.3, 0.4) is 0 Å². The lowest BCUT2D eigenvalue weighted by atomic mass is 10.1. The van der Waals surface area contributed by atoms with Crippen LogP contribution in [0.25, 0.3) is 22.2 Å². The molecule has 2 heterocycles. The Labute approximate surface area is 140 Å². The van der Waals surface area contributed by atoms with Crippen molar-refractivity contribution in [2.24, 2.45) is 5.92 Å². The quantitative estimate of drug-likeness (QED) is 0.717. The molecule has 6 nitrogen and oxygen atoms in total. The number of alkyl halides is 2. The lowest BCUT2D eigenvalue weighted by molar-refractivity contribution is -0.0515. The van der Waals surface area contributed by atoms with Gasteiger partial charge in [-0.25, -0.2) is 5.10 Å². The van der Waals surface area contributed by atoms with Crippen molar-refractivity contribution < 1.29 is 18.3 Å². The third-order valence-corrected chi connectivity index (χ3v) is 4.09. The number of aromatic nitrogens is 3. The molecule has 25 heavy (non-hydrogen) atoms. The topological polar surface area (TPSA) is 80.0 Å². The smallest absolute Gasteiger partial charge is 0.387 e. The summed E-state index contributed by atoms with van der Waals surface area (Å²) in [6.45, 7) is -2.45. The van der Waals surface area contributed by atoms with E-state index in [9.17, 15) is 13.6 Å². The Bertz CT molecular complexity index is 963. The Hall–Kier alpha value is -2.90. The van der Waals surface area contributed by atoms with Gasteiger partial charge in [0.25, 0.3) is 5.56 Å². The number of aromatic amines is 2. The van der Waals surface area contributed by atoms with Gasteiger partial charge in [-0.15, -0.1) is 0 Å². The van der Waals surface area contributed by atoms with Gasteiger partial charge in [0, 0.05) is 11.3 Å². The van der Waals surface area contributed by atoms with Gasteiger partial charge in [0.05, 0.1) is 23.7 Å². The molecule has 4 rings (SSSR count). The van der Waals surface area contributed by atoms with E-state index >= 15 is 0 Å². The molecule has 0 atom stereocenters. The molecule has 0 unspecified atom stereocenters. The molecule has 0 bridgehead atoms. The Morgan fingerprint density at radius 1 is 1.24 bits per heavy atom. The molecule has 1 aliphatic rings. The lowest BCUT2D eigenvalue weighted by Gasteiger charge is -2.13. The van der Waals surface area contributed by atoms with E-state index in [1.54, 1.807) is 18.2 Å². The minimum Gasteiger partial charge on any atom is -0.489 e. The number of halogens is 2. The molecular formula is C17H15F2N3O3. The van der Waals surface area contributed by atoms with Crippen LogP contribution >= 0.6 is 0 Å². The van der Waals surface area contributed by atoms with Crippen molar-refractivity contribution in [3.63, 3.8) is 0 Å². The first-order valence-electron chi connectivity index (χ1n) is 7.88. The molecule has 1 aliphatic carbocycles. The summed E-state index contributed by atoms with van der Waals surface area (Å²) in [5.41, 5.74) is 1.64. The van der Waals surface area contributed by atoms with Crippen molar-refractivity contribution in [2.45, 2.75) is 19.5 Å². The average molecular weight is 347 g/mol. The van der Waals surface area contributed by atoms with Gasteiger partial charge < -0.3 is 14.5 Å². The molecule has 0 amide bonds. The number of ether oxygens (including phenoxy) is 2. The van der Waals surface area contributed by atoms with Gasteiger partial charge in [-0.1, -0.05) is 0 Å². The fraction of sp³-hybridized carbons (Fsp3) is 0.294. The van der Waals surface area contributed by atoms with Crippen LogP contribution in [-0.2, 0) is 0 Å². The second kappa shape index (κ2) is 6.19. The summed E-state index contributed by atoms with van der Waals surface area (Å²) in [7, 11) is 0.